The van der Waals surface area contributed by atoms with Crippen molar-refractivity contribution in [2.75, 3.05) is 36.9 Å². The number of nitrogens with zero attached hydrogens (tertiary/aromatic N) is 2. The van der Waals surface area contributed by atoms with Gasteiger partial charge in [0.2, 0.25) is 21.8 Å². The first-order valence-electron chi connectivity index (χ1n) is 14.2. The Labute approximate surface area is 237 Å². The second-order valence-electron chi connectivity index (χ2n) is 10.6. The van der Waals surface area contributed by atoms with Crippen LogP contribution in [0.1, 0.15) is 57.4 Å². The number of hydrogen-bond donors (Lipinski definition) is 1. The molecule has 2 aliphatic rings. The van der Waals surface area contributed by atoms with Crippen molar-refractivity contribution in [1.82, 2.24) is 10.2 Å². The first kappa shape index (κ1) is 29.7. The quantitative estimate of drug-likeness (QED) is 0.414. The summed E-state index contributed by atoms with van der Waals surface area (Å²) in [5.41, 5.74) is 1.54. The summed E-state index contributed by atoms with van der Waals surface area (Å²) in [5.74, 6) is 0.770. The van der Waals surface area contributed by atoms with Crippen LogP contribution in [0.4, 0.5) is 5.69 Å². The third-order valence-corrected chi connectivity index (χ3v) is 8.76. The summed E-state index contributed by atoms with van der Waals surface area (Å²) in [6.45, 7) is 3.15. The number of amides is 2. The number of hydrogen-bond acceptors (Lipinski definition) is 6. The third-order valence-electron chi connectivity index (χ3n) is 7.57. The SMILES string of the molecule is CC(C(=O)NC1CCCCC1)N(CCc1ccccc1)C(=O)CCCN(c1ccc2c(c1)OCCO2)S(C)(=O)=O. The number of benzene rings is 2. The highest BCUT2D eigenvalue weighted by atomic mass is 32.2. The van der Waals surface area contributed by atoms with Gasteiger partial charge in [0, 0.05) is 31.6 Å². The van der Waals surface area contributed by atoms with Crippen LogP contribution in [-0.4, -0.2) is 69.8 Å². The van der Waals surface area contributed by atoms with Crippen molar-refractivity contribution < 1.29 is 27.5 Å². The standard InChI is InChI=1S/C30H41N3O6S/c1-23(30(35)31-25-12-7-4-8-13-25)32(19-17-24-10-5-3-6-11-24)29(34)14-9-18-33(40(2,36)37)26-15-16-27-28(22-26)39-21-20-38-27/h3,5-6,10-11,15-16,22-23,25H,4,7-9,12-14,17-21H2,1-2H3,(H,31,35). The molecular weight excluding hydrogens is 530 g/mol. The van der Waals surface area contributed by atoms with E-state index in [0.29, 0.717) is 49.8 Å². The van der Waals surface area contributed by atoms with Gasteiger partial charge in [-0.2, -0.15) is 0 Å². The van der Waals surface area contributed by atoms with Gasteiger partial charge < -0.3 is 19.7 Å². The normalized spacial score (nSPS) is 16.1. The highest BCUT2D eigenvalue weighted by molar-refractivity contribution is 7.92. The Hall–Kier alpha value is -3.27. The van der Waals surface area contributed by atoms with E-state index in [1.165, 1.54) is 10.7 Å². The highest BCUT2D eigenvalue weighted by Gasteiger charge is 2.28. The van der Waals surface area contributed by atoms with Gasteiger partial charge in [-0.3, -0.25) is 13.9 Å². The fourth-order valence-corrected chi connectivity index (χ4v) is 6.29. The largest absolute Gasteiger partial charge is 0.486 e. The first-order valence-corrected chi connectivity index (χ1v) is 16.1. The zero-order valence-corrected chi connectivity index (χ0v) is 24.3. The van der Waals surface area contributed by atoms with Gasteiger partial charge >= 0.3 is 0 Å². The Morgan fingerprint density at radius 3 is 2.38 bits per heavy atom. The lowest BCUT2D eigenvalue weighted by Crippen LogP contribution is -2.51. The van der Waals surface area contributed by atoms with Gasteiger partial charge in [0.05, 0.1) is 11.9 Å². The van der Waals surface area contributed by atoms with Gasteiger partial charge in [-0.15, -0.1) is 0 Å². The number of carbonyl (C=O) groups excluding carboxylic acids is 2. The minimum atomic E-state index is -3.61. The topological polar surface area (TPSA) is 105 Å². The van der Waals surface area contributed by atoms with Crippen molar-refractivity contribution in [3.05, 3.63) is 54.1 Å². The second-order valence-corrected chi connectivity index (χ2v) is 12.5. The fraction of sp³-hybridized carbons (Fsp3) is 0.533. The van der Waals surface area contributed by atoms with Gasteiger partial charge in [-0.25, -0.2) is 8.42 Å². The number of nitrogens with one attached hydrogen (secondary N) is 1. The maximum Gasteiger partial charge on any atom is 0.242 e. The first-order chi connectivity index (χ1) is 19.2. The van der Waals surface area contributed by atoms with Crippen LogP contribution < -0.4 is 19.1 Å². The van der Waals surface area contributed by atoms with Crippen LogP contribution in [0.15, 0.2) is 48.5 Å². The van der Waals surface area contributed by atoms with E-state index in [1.807, 2.05) is 30.3 Å². The van der Waals surface area contributed by atoms with Crippen LogP contribution in [0.25, 0.3) is 0 Å². The monoisotopic (exact) mass is 571 g/mol. The van der Waals surface area contributed by atoms with E-state index < -0.39 is 16.1 Å². The summed E-state index contributed by atoms with van der Waals surface area (Å²) in [6, 6.07) is 14.4. The Kier molecular flexibility index (Phi) is 10.3. The molecule has 0 saturated heterocycles. The molecule has 0 bridgehead atoms. The summed E-state index contributed by atoms with van der Waals surface area (Å²) in [7, 11) is -3.61. The van der Waals surface area contributed by atoms with Crippen LogP contribution in [0.3, 0.4) is 0 Å². The van der Waals surface area contributed by atoms with E-state index in [1.54, 1.807) is 30.0 Å². The Morgan fingerprint density at radius 1 is 0.975 bits per heavy atom. The van der Waals surface area contributed by atoms with E-state index in [2.05, 4.69) is 5.32 Å². The molecule has 4 rings (SSSR count). The maximum absolute atomic E-state index is 13.5. The number of ether oxygens (including phenoxy) is 2. The number of sulfonamides is 1. The average Bonchev–Trinajstić information content (AvgIpc) is 2.95. The van der Waals surface area contributed by atoms with E-state index in [4.69, 9.17) is 9.47 Å². The zero-order chi connectivity index (χ0) is 28.5. The summed E-state index contributed by atoms with van der Waals surface area (Å²) in [4.78, 5) is 28.3. The molecule has 0 aromatic heterocycles. The van der Waals surface area contributed by atoms with Gasteiger partial charge in [0.25, 0.3) is 0 Å². The Morgan fingerprint density at radius 2 is 1.68 bits per heavy atom. The Balaban J connectivity index is 1.42. The molecule has 1 saturated carbocycles. The molecule has 1 aliphatic carbocycles. The van der Waals surface area contributed by atoms with Crippen molar-refractivity contribution in [3.63, 3.8) is 0 Å². The lowest BCUT2D eigenvalue weighted by atomic mass is 9.95. The smallest absolute Gasteiger partial charge is 0.242 e. The van der Waals surface area contributed by atoms with Crippen molar-refractivity contribution in [2.24, 2.45) is 0 Å². The van der Waals surface area contributed by atoms with Crippen LogP contribution in [-0.2, 0) is 26.0 Å². The molecule has 9 nitrogen and oxygen atoms in total. The summed E-state index contributed by atoms with van der Waals surface area (Å²) >= 11 is 0. The minimum Gasteiger partial charge on any atom is -0.486 e. The predicted molar refractivity (Wildman–Crippen MR) is 155 cm³/mol. The van der Waals surface area contributed by atoms with E-state index in [-0.39, 0.29) is 30.8 Å². The molecule has 1 fully saturated rings. The van der Waals surface area contributed by atoms with Gasteiger partial charge in [0.15, 0.2) is 11.5 Å². The van der Waals surface area contributed by atoms with Gasteiger partial charge in [-0.05, 0) is 50.3 Å². The molecule has 2 amide bonds. The minimum absolute atomic E-state index is 0.117. The summed E-state index contributed by atoms with van der Waals surface area (Å²) in [5, 5.41) is 3.15. The molecule has 10 heteroatoms. The third kappa shape index (κ3) is 8.13. The van der Waals surface area contributed by atoms with Crippen LogP contribution in [0.2, 0.25) is 0 Å². The number of fused-ring (bicyclic) bond motifs is 1. The van der Waals surface area contributed by atoms with Gasteiger partial charge in [-0.1, -0.05) is 49.6 Å². The molecule has 2 aromatic carbocycles. The van der Waals surface area contributed by atoms with Crippen LogP contribution >= 0.6 is 0 Å². The number of rotatable bonds is 12. The molecular formula is C30H41N3O6S. The molecule has 0 spiro atoms. The Bertz CT molecular complexity index is 1250. The predicted octanol–water partition coefficient (Wildman–Crippen LogP) is 3.91. The van der Waals surface area contributed by atoms with Crippen molar-refractivity contribution >= 4 is 27.5 Å². The molecule has 1 aliphatic heterocycles. The summed E-state index contributed by atoms with van der Waals surface area (Å²) < 4.78 is 37.8. The fourth-order valence-electron chi connectivity index (χ4n) is 5.33. The molecule has 1 unspecified atom stereocenters. The van der Waals surface area contributed by atoms with Gasteiger partial charge in [0.1, 0.15) is 19.3 Å². The number of carbonyl (C=O) groups is 2. The van der Waals surface area contributed by atoms with Crippen molar-refractivity contribution in [2.45, 2.75) is 70.4 Å². The lowest BCUT2D eigenvalue weighted by molar-refractivity contribution is -0.140. The molecule has 218 valence electrons. The molecule has 1 heterocycles. The number of anilines is 1. The molecule has 1 atom stereocenters. The zero-order valence-electron chi connectivity index (χ0n) is 23.5. The maximum atomic E-state index is 13.5. The molecule has 40 heavy (non-hydrogen) atoms. The van der Waals surface area contributed by atoms with Crippen LogP contribution in [0.5, 0.6) is 11.5 Å². The van der Waals surface area contributed by atoms with Crippen molar-refractivity contribution in [3.8, 4) is 11.5 Å². The van der Waals surface area contributed by atoms with E-state index in [9.17, 15) is 18.0 Å². The van der Waals surface area contributed by atoms with E-state index in [0.717, 1.165) is 37.5 Å². The summed E-state index contributed by atoms with van der Waals surface area (Å²) in [6.07, 6.45) is 7.54. The van der Waals surface area contributed by atoms with Crippen LogP contribution in [0, 0.1) is 0 Å². The molecule has 1 N–H and O–H groups in total. The lowest BCUT2D eigenvalue weighted by Gasteiger charge is -2.31. The van der Waals surface area contributed by atoms with Crippen molar-refractivity contribution in [1.29, 1.82) is 0 Å². The molecule has 0 radical (unpaired) electrons. The highest BCUT2D eigenvalue weighted by Crippen LogP contribution is 2.34. The van der Waals surface area contributed by atoms with E-state index >= 15 is 0 Å². The second kappa shape index (κ2) is 13.9. The average molecular weight is 572 g/mol. The molecule has 2 aromatic rings.